The monoisotopic (exact) mass is 373 g/mol. The molecule has 0 radical (unpaired) electrons. The van der Waals surface area contributed by atoms with Gasteiger partial charge in [0.25, 0.3) is 5.91 Å². The molecule has 1 aliphatic heterocycles. The number of para-hydroxylation sites is 1. The van der Waals surface area contributed by atoms with Crippen LogP contribution >= 0.6 is 11.8 Å². The number of methoxy groups -OCH3 is 2. The van der Waals surface area contributed by atoms with Gasteiger partial charge in [-0.3, -0.25) is 10.1 Å². The number of hydrogen-bond donors (Lipinski definition) is 1. The molecule has 0 bridgehead atoms. The first-order chi connectivity index (χ1) is 12.6. The van der Waals surface area contributed by atoms with E-state index in [0.29, 0.717) is 17.1 Å². The van der Waals surface area contributed by atoms with Gasteiger partial charge in [0, 0.05) is 11.6 Å². The highest BCUT2D eigenvalue weighted by Crippen LogP contribution is 2.30. The van der Waals surface area contributed by atoms with Crippen molar-refractivity contribution in [2.45, 2.75) is 0 Å². The largest absolute Gasteiger partial charge is 0.493 e. The highest BCUT2D eigenvalue weighted by atomic mass is 32.2. The Labute approximate surface area is 154 Å². The number of hydrogen-bond acceptors (Lipinski definition) is 8. The minimum absolute atomic E-state index is 0.0727. The molecule has 1 amide bonds. The number of thioether (sulfide) groups is 1. The van der Waals surface area contributed by atoms with E-state index in [1.807, 2.05) is 0 Å². The third kappa shape index (κ3) is 4.87. The van der Waals surface area contributed by atoms with Crippen LogP contribution in [0.3, 0.4) is 0 Å². The number of carbonyl (C=O) groups excluding carboxylic acids is 2. The highest BCUT2D eigenvalue weighted by molar-refractivity contribution is 8.18. The van der Waals surface area contributed by atoms with Gasteiger partial charge in [0.05, 0.1) is 25.3 Å². The molecule has 0 saturated carbocycles. The summed E-state index contributed by atoms with van der Waals surface area (Å²) in [5.41, 5.74) is 0.601. The average molecular weight is 373 g/mol. The Kier molecular flexibility index (Phi) is 6.82. The smallest absolute Gasteiger partial charge is 0.331 e. The van der Waals surface area contributed by atoms with E-state index in [2.05, 4.69) is 26.2 Å². The number of nitrogens with zero attached hydrogens (tertiary/aromatic N) is 2. The molecule has 8 nitrogen and oxygen atoms in total. The van der Waals surface area contributed by atoms with E-state index in [-0.39, 0.29) is 16.7 Å². The molecule has 0 aromatic heterocycles. The molecule has 0 atom stereocenters. The first-order valence-electron chi connectivity index (χ1n) is 7.22. The van der Waals surface area contributed by atoms with Crippen molar-refractivity contribution in [3.8, 4) is 23.8 Å². The molecule has 1 N–H and O–H groups in total. The molecule has 1 heterocycles. The molecule has 0 spiro atoms. The lowest BCUT2D eigenvalue weighted by molar-refractivity contribution is -0.135. The Balaban J connectivity index is 2.17. The molecule has 0 aliphatic carbocycles. The summed E-state index contributed by atoms with van der Waals surface area (Å²) in [6.45, 7) is 0.0727. The van der Waals surface area contributed by atoms with Crippen molar-refractivity contribution in [3.63, 3.8) is 0 Å². The van der Waals surface area contributed by atoms with Crippen LogP contribution in [0.15, 0.2) is 39.4 Å². The molecule has 26 heavy (non-hydrogen) atoms. The Hall–Kier alpha value is -3.25. The summed E-state index contributed by atoms with van der Waals surface area (Å²) in [5.74, 6) is 2.24. The Bertz CT molecular complexity index is 839. The zero-order valence-corrected chi connectivity index (χ0v) is 14.8. The number of esters is 1. The molecule has 2 rings (SSSR count). The summed E-state index contributed by atoms with van der Waals surface area (Å²) in [5, 5.41) is 10.6. The molecule has 1 saturated heterocycles. The second-order valence-corrected chi connectivity index (χ2v) is 5.64. The molecule has 1 aliphatic rings. The number of benzene rings is 1. The summed E-state index contributed by atoms with van der Waals surface area (Å²) in [6, 6.07) is 5.24. The van der Waals surface area contributed by atoms with Crippen LogP contribution in [-0.2, 0) is 14.3 Å². The highest BCUT2D eigenvalue weighted by Gasteiger charge is 2.25. The Morgan fingerprint density at radius 1 is 1.42 bits per heavy atom. The predicted octanol–water partition coefficient (Wildman–Crippen LogP) is 1.32. The molecule has 0 unspecified atom stereocenters. The van der Waals surface area contributed by atoms with E-state index in [1.165, 1.54) is 20.4 Å². The minimum atomic E-state index is -0.626. The van der Waals surface area contributed by atoms with Gasteiger partial charge in [0.1, 0.15) is 6.61 Å². The normalized spacial score (nSPS) is 16.6. The van der Waals surface area contributed by atoms with E-state index in [1.54, 1.807) is 18.2 Å². The van der Waals surface area contributed by atoms with Crippen molar-refractivity contribution in [3.05, 3.63) is 34.7 Å². The number of rotatable bonds is 6. The van der Waals surface area contributed by atoms with Crippen LogP contribution in [-0.4, -0.2) is 44.1 Å². The van der Waals surface area contributed by atoms with Crippen molar-refractivity contribution >= 4 is 35.0 Å². The minimum Gasteiger partial charge on any atom is -0.493 e. The maximum absolute atomic E-state index is 11.7. The summed E-state index contributed by atoms with van der Waals surface area (Å²) >= 11 is 0.977. The molecule has 1 aromatic rings. The fourth-order valence-electron chi connectivity index (χ4n) is 1.85. The van der Waals surface area contributed by atoms with Crippen LogP contribution in [0.25, 0.3) is 0 Å². The number of ether oxygens (including phenoxy) is 3. The van der Waals surface area contributed by atoms with E-state index in [9.17, 15) is 9.59 Å². The van der Waals surface area contributed by atoms with Crippen molar-refractivity contribution < 1.29 is 23.8 Å². The van der Waals surface area contributed by atoms with Gasteiger partial charge in [-0.1, -0.05) is 12.0 Å². The van der Waals surface area contributed by atoms with Gasteiger partial charge in [-0.25, -0.2) is 4.79 Å². The van der Waals surface area contributed by atoms with Crippen LogP contribution < -0.4 is 14.8 Å². The topological polar surface area (TPSA) is 98.6 Å². The van der Waals surface area contributed by atoms with Crippen molar-refractivity contribution in [1.82, 2.24) is 5.32 Å². The van der Waals surface area contributed by atoms with E-state index < -0.39 is 11.9 Å². The van der Waals surface area contributed by atoms with Crippen LogP contribution in [0.2, 0.25) is 0 Å². The maximum Gasteiger partial charge on any atom is 0.331 e. The zero-order chi connectivity index (χ0) is 18.9. The van der Waals surface area contributed by atoms with Crippen LogP contribution in [0.5, 0.6) is 11.5 Å². The first kappa shape index (κ1) is 19.1. The molecular formula is C17H15N3O5S. The number of carbonyl (C=O) groups is 2. The third-order valence-electron chi connectivity index (χ3n) is 2.98. The van der Waals surface area contributed by atoms with Gasteiger partial charge in [-0.15, -0.1) is 11.5 Å². The SMILES string of the molecule is C#CCOc1c(C=N/N=C2/NC(=O)/C(=C\C(=O)OC)S2)cccc1OC. The summed E-state index contributed by atoms with van der Waals surface area (Å²) in [4.78, 5) is 23.1. The van der Waals surface area contributed by atoms with Crippen LogP contribution in [0.1, 0.15) is 5.56 Å². The standard InChI is InChI=1S/C17H15N3O5S/c1-4-8-25-15-11(6-5-7-12(15)23-2)10-18-20-17-19-16(22)13(26-17)9-14(21)24-3/h1,5-7,9-10H,8H2,2-3H3,(H,19,20,22)/b13-9+,18-10?. The van der Waals surface area contributed by atoms with Gasteiger partial charge >= 0.3 is 5.97 Å². The number of amidine groups is 1. The van der Waals surface area contributed by atoms with Crippen molar-refractivity contribution in [1.29, 1.82) is 0 Å². The molecule has 134 valence electrons. The second-order valence-electron chi connectivity index (χ2n) is 4.61. The molecule has 1 fully saturated rings. The van der Waals surface area contributed by atoms with Gasteiger partial charge in [0.2, 0.25) is 0 Å². The number of amides is 1. The lowest BCUT2D eigenvalue weighted by Gasteiger charge is -2.10. The van der Waals surface area contributed by atoms with Crippen LogP contribution in [0.4, 0.5) is 0 Å². The zero-order valence-electron chi connectivity index (χ0n) is 14.0. The van der Waals surface area contributed by atoms with Crippen molar-refractivity contribution in [2.75, 3.05) is 20.8 Å². The predicted molar refractivity (Wildman–Crippen MR) is 98.2 cm³/mol. The van der Waals surface area contributed by atoms with E-state index in [0.717, 1.165) is 17.8 Å². The van der Waals surface area contributed by atoms with Crippen molar-refractivity contribution in [2.24, 2.45) is 10.2 Å². The number of terminal acetylenes is 1. The second kappa shape index (κ2) is 9.29. The van der Waals surface area contributed by atoms with Gasteiger partial charge in [0.15, 0.2) is 16.7 Å². The van der Waals surface area contributed by atoms with Gasteiger partial charge < -0.3 is 14.2 Å². The fourth-order valence-corrected chi connectivity index (χ4v) is 2.59. The molecule has 9 heteroatoms. The Morgan fingerprint density at radius 2 is 2.23 bits per heavy atom. The van der Waals surface area contributed by atoms with E-state index in [4.69, 9.17) is 15.9 Å². The average Bonchev–Trinajstić information content (AvgIpc) is 2.99. The first-order valence-corrected chi connectivity index (χ1v) is 8.03. The summed E-state index contributed by atoms with van der Waals surface area (Å²) < 4.78 is 15.2. The summed E-state index contributed by atoms with van der Waals surface area (Å²) in [7, 11) is 2.74. The maximum atomic E-state index is 11.7. The number of nitrogens with one attached hydrogen (secondary N) is 1. The lowest BCUT2D eigenvalue weighted by Crippen LogP contribution is -2.19. The molecule has 1 aromatic carbocycles. The summed E-state index contributed by atoms with van der Waals surface area (Å²) in [6.07, 6.45) is 7.74. The molecular weight excluding hydrogens is 358 g/mol. The third-order valence-corrected chi connectivity index (χ3v) is 3.88. The van der Waals surface area contributed by atoms with Crippen LogP contribution in [0, 0.1) is 12.3 Å². The lowest BCUT2D eigenvalue weighted by atomic mass is 10.2. The quantitative estimate of drug-likeness (QED) is 0.265. The van der Waals surface area contributed by atoms with Gasteiger partial charge in [-0.2, -0.15) is 5.10 Å². The van der Waals surface area contributed by atoms with Gasteiger partial charge in [-0.05, 0) is 23.9 Å². The van der Waals surface area contributed by atoms with E-state index >= 15 is 0 Å². The Morgan fingerprint density at radius 3 is 2.92 bits per heavy atom. The fraction of sp³-hybridized carbons (Fsp3) is 0.176.